The molecule has 0 amide bonds. The van der Waals surface area contributed by atoms with E-state index in [4.69, 9.17) is 32.7 Å². The molecule has 1 N–H and O–H groups in total. The molecule has 0 bridgehead atoms. The zero-order valence-corrected chi connectivity index (χ0v) is 12.9. The summed E-state index contributed by atoms with van der Waals surface area (Å²) in [5, 5.41) is 11.0. The summed E-state index contributed by atoms with van der Waals surface area (Å²) in [7, 11) is 2.82. The lowest BCUT2D eigenvalue weighted by molar-refractivity contribution is 0.219. The lowest BCUT2D eigenvalue weighted by Crippen LogP contribution is -2.02. The third kappa shape index (κ3) is 3.23. The number of aliphatic hydroxyl groups is 1. The van der Waals surface area contributed by atoms with E-state index in [-0.39, 0.29) is 5.75 Å². The number of hydrogen-bond acceptors (Lipinski definition) is 3. The smallest absolute Gasteiger partial charge is 0.165 e. The zero-order chi connectivity index (χ0) is 15.6. The summed E-state index contributed by atoms with van der Waals surface area (Å²) in [6, 6.07) is 7.12. The van der Waals surface area contributed by atoms with E-state index in [0.29, 0.717) is 26.9 Å². The molecular weight excluding hydrogens is 318 g/mol. The molecule has 3 nitrogen and oxygen atoms in total. The van der Waals surface area contributed by atoms with Gasteiger partial charge in [-0.25, -0.2) is 4.39 Å². The maximum absolute atomic E-state index is 13.4. The van der Waals surface area contributed by atoms with Crippen LogP contribution in [0.15, 0.2) is 30.3 Å². The Balaban J connectivity index is 2.44. The van der Waals surface area contributed by atoms with Crippen LogP contribution in [0, 0.1) is 5.82 Å². The van der Waals surface area contributed by atoms with Gasteiger partial charge in [0.05, 0.1) is 24.3 Å². The van der Waals surface area contributed by atoms with Crippen LogP contribution in [0.4, 0.5) is 4.39 Å². The van der Waals surface area contributed by atoms with Crippen LogP contribution in [0.25, 0.3) is 0 Å². The molecule has 0 aliphatic carbocycles. The Hall–Kier alpha value is -1.49. The molecule has 0 heterocycles. The van der Waals surface area contributed by atoms with Gasteiger partial charge in [-0.2, -0.15) is 0 Å². The lowest BCUT2D eigenvalue weighted by atomic mass is 10.0. The number of hydrogen-bond donors (Lipinski definition) is 1. The summed E-state index contributed by atoms with van der Waals surface area (Å²) < 4.78 is 23.4. The summed E-state index contributed by atoms with van der Waals surface area (Å²) in [5.41, 5.74) is 0.840. The Morgan fingerprint density at radius 1 is 1.00 bits per heavy atom. The number of ether oxygens (including phenoxy) is 2. The van der Waals surface area contributed by atoms with Gasteiger partial charge in [0.15, 0.2) is 11.6 Å². The largest absolute Gasteiger partial charge is 0.495 e. The Kier molecular flexibility index (Phi) is 4.93. The van der Waals surface area contributed by atoms with Crippen LogP contribution in [0.1, 0.15) is 17.2 Å². The topological polar surface area (TPSA) is 38.7 Å². The van der Waals surface area contributed by atoms with Gasteiger partial charge < -0.3 is 14.6 Å². The summed E-state index contributed by atoms with van der Waals surface area (Å²) in [5.74, 6) is -0.0519. The standard InChI is InChI=1S/C15H13Cl2FO3/c1-20-13-7-10(16)9(6-11(13)17)15(19)8-3-4-12(18)14(5-8)21-2/h3-7,15,19H,1-2H3. The molecule has 0 radical (unpaired) electrons. The van der Waals surface area contributed by atoms with Gasteiger partial charge in [-0.05, 0) is 23.8 Å². The monoisotopic (exact) mass is 330 g/mol. The van der Waals surface area contributed by atoms with Crippen molar-refractivity contribution >= 4 is 23.2 Å². The van der Waals surface area contributed by atoms with Crippen molar-refractivity contribution in [2.75, 3.05) is 14.2 Å². The molecule has 2 aromatic rings. The van der Waals surface area contributed by atoms with Gasteiger partial charge in [0, 0.05) is 11.6 Å². The van der Waals surface area contributed by atoms with Crippen molar-refractivity contribution in [2.24, 2.45) is 0 Å². The van der Waals surface area contributed by atoms with Crippen LogP contribution in [-0.2, 0) is 0 Å². The molecule has 2 aromatic carbocycles. The fourth-order valence-electron chi connectivity index (χ4n) is 1.94. The Labute approximate surface area is 131 Å². The summed E-state index contributed by atoms with van der Waals surface area (Å²) in [4.78, 5) is 0. The van der Waals surface area contributed by atoms with Crippen molar-refractivity contribution < 1.29 is 19.0 Å². The molecule has 0 saturated carbocycles. The Bertz CT molecular complexity index is 662. The fraction of sp³-hybridized carbons (Fsp3) is 0.200. The molecule has 0 saturated heterocycles. The molecule has 6 heteroatoms. The van der Waals surface area contributed by atoms with E-state index >= 15 is 0 Å². The number of aliphatic hydroxyl groups excluding tert-OH is 1. The second kappa shape index (κ2) is 6.52. The van der Waals surface area contributed by atoms with Gasteiger partial charge in [-0.15, -0.1) is 0 Å². The van der Waals surface area contributed by atoms with Crippen LogP contribution >= 0.6 is 23.2 Å². The molecule has 2 rings (SSSR count). The highest BCUT2D eigenvalue weighted by Gasteiger charge is 2.18. The summed E-state index contributed by atoms with van der Waals surface area (Å²) in [6.45, 7) is 0. The van der Waals surface area contributed by atoms with Gasteiger partial charge in [0.25, 0.3) is 0 Å². The third-order valence-corrected chi connectivity index (χ3v) is 3.68. The third-order valence-electron chi connectivity index (χ3n) is 3.06. The normalized spacial score (nSPS) is 12.1. The van der Waals surface area contributed by atoms with Crippen molar-refractivity contribution in [3.05, 3.63) is 57.3 Å². The average Bonchev–Trinajstić information content (AvgIpc) is 2.49. The van der Waals surface area contributed by atoms with E-state index in [9.17, 15) is 9.50 Å². The minimum atomic E-state index is -1.06. The highest BCUT2D eigenvalue weighted by atomic mass is 35.5. The fourth-order valence-corrected chi connectivity index (χ4v) is 2.44. The maximum Gasteiger partial charge on any atom is 0.165 e. The van der Waals surface area contributed by atoms with Crippen LogP contribution in [0.5, 0.6) is 11.5 Å². The predicted octanol–water partition coefficient (Wildman–Crippen LogP) is 4.23. The predicted molar refractivity (Wildman–Crippen MR) is 80.0 cm³/mol. The van der Waals surface area contributed by atoms with Crippen molar-refractivity contribution in [1.82, 2.24) is 0 Å². The van der Waals surface area contributed by atoms with Crippen LogP contribution in [0.3, 0.4) is 0 Å². The summed E-state index contributed by atoms with van der Waals surface area (Å²) in [6.07, 6.45) is -1.06. The van der Waals surface area contributed by atoms with Gasteiger partial charge in [-0.1, -0.05) is 29.3 Å². The summed E-state index contributed by atoms with van der Waals surface area (Å²) >= 11 is 12.2. The van der Waals surface area contributed by atoms with Gasteiger partial charge >= 0.3 is 0 Å². The second-order valence-electron chi connectivity index (χ2n) is 4.30. The van der Waals surface area contributed by atoms with Crippen LogP contribution in [0.2, 0.25) is 10.0 Å². The van der Waals surface area contributed by atoms with Crippen molar-refractivity contribution in [3.8, 4) is 11.5 Å². The maximum atomic E-state index is 13.4. The first-order valence-electron chi connectivity index (χ1n) is 6.02. The zero-order valence-electron chi connectivity index (χ0n) is 11.4. The highest BCUT2D eigenvalue weighted by molar-refractivity contribution is 6.34. The molecule has 0 spiro atoms. The molecular formula is C15H13Cl2FO3. The second-order valence-corrected chi connectivity index (χ2v) is 5.12. The molecule has 0 aliphatic heterocycles. The van der Waals surface area contributed by atoms with E-state index in [2.05, 4.69) is 0 Å². The Morgan fingerprint density at radius 3 is 2.29 bits per heavy atom. The van der Waals surface area contributed by atoms with Gasteiger partial charge in [0.1, 0.15) is 11.9 Å². The van der Waals surface area contributed by atoms with E-state index < -0.39 is 11.9 Å². The van der Waals surface area contributed by atoms with Gasteiger partial charge in [0.2, 0.25) is 0 Å². The highest BCUT2D eigenvalue weighted by Crippen LogP contribution is 2.37. The van der Waals surface area contributed by atoms with Crippen LogP contribution in [-0.4, -0.2) is 19.3 Å². The van der Waals surface area contributed by atoms with E-state index in [0.717, 1.165) is 0 Å². The molecule has 21 heavy (non-hydrogen) atoms. The first-order chi connectivity index (χ1) is 9.97. The van der Waals surface area contributed by atoms with Crippen molar-refractivity contribution in [3.63, 3.8) is 0 Å². The SMILES string of the molecule is COc1cc(C(O)c2cc(Cl)c(OC)cc2Cl)ccc1F. The molecule has 0 fully saturated rings. The van der Waals surface area contributed by atoms with E-state index in [1.54, 1.807) is 0 Å². The molecule has 0 aromatic heterocycles. The number of methoxy groups -OCH3 is 2. The average molecular weight is 331 g/mol. The quantitative estimate of drug-likeness (QED) is 0.911. The van der Waals surface area contributed by atoms with E-state index in [1.165, 1.54) is 44.6 Å². The minimum absolute atomic E-state index is 0.0438. The van der Waals surface area contributed by atoms with Crippen molar-refractivity contribution in [1.29, 1.82) is 0 Å². The molecule has 1 atom stereocenters. The molecule has 112 valence electrons. The number of halogens is 3. The molecule has 0 aliphatic rings. The first kappa shape index (κ1) is 15.9. The number of benzene rings is 2. The Morgan fingerprint density at radius 2 is 1.67 bits per heavy atom. The van der Waals surface area contributed by atoms with Crippen molar-refractivity contribution in [2.45, 2.75) is 6.10 Å². The number of rotatable bonds is 4. The van der Waals surface area contributed by atoms with E-state index in [1.807, 2.05) is 0 Å². The lowest BCUT2D eigenvalue weighted by Gasteiger charge is -2.16. The molecule has 1 unspecified atom stereocenters. The first-order valence-corrected chi connectivity index (χ1v) is 6.78. The van der Waals surface area contributed by atoms with Crippen LogP contribution < -0.4 is 9.47 Å². The minimum Gasteiger partial charge on any atom is -0.495 e. The van der Waals surface area contributed by atoms with Gasteiger partial charge in [-0.3, -0.25) is 0 Å².